The molecule has 0 atom stereocenters. The van der Waals surface area contributed by atoms with Crippen LogP contribution in [0.1, 0.15) is 5.69 Å². The van der Waals surface area contributed by atoms with Gasteiger partial charge in [0.1, 0.15) is 0 Å². The lowest BCUT2D eigenvalue weighted by Gasteiger charge is -2.01. The van der Waals surface area contributed by atoms with Crippen LogP contribution in [0.5, 0.6) is 0 Å². The lowest BCUT2D eigenvalue weighted by atomic mass is 10.2. The Balaban J connectivity index is 1.78. The quantitative estimate of drug-likeness (QED) is 0.744. The summed E-state index contributed by atoms with van der Waals surface area (Å²) in [6.45, 7) is 0. The van der Waals surface area contributed by atoms with Crippen LogP contribution in [-0.4, -0.2) is 15.2 Å². The van der Waals surface area contributed by atoms with E-state index in [2.05, 4.69) is 27.3 Å². The second kappa shape index (κ2) is 4.91. The number of hydrogen-bond acceptors (Lipinski definition) is 6. The zero-order valence-corrected chi connectivity index (χ0v) is 11.0. The summed E-state index contributed by atoms with van der Waals surface area (Å²) in [6, 6.07) is 12.2. The number of nitrogens with zero attached hydrogens (tertiary/aromatic N) is 3. The lowest BCUT2D eigenvalue weighted by Crippen LogP contribution is -1.87. The molecule has 0 aliphatic carbocycles. The van der Waals surface area contributed by atoms with Gasteiger partial charge in [0.15, 0.2) is 4.34 Å². The molecule has 1 aromatic carbocycles. The number of nitrogens with two attached hydrogens (primary N) is 1. The summed E-state index contributed by atoms with van der Waals surface area (Å²) in [5.74, 6) is 0.777. The zero-order valence-electron chi connectivity index (χ0n) is 9.41. The molecule has 0 fully saturated rings. The Hall–Kier alpha value is -1.66. The predicted octanol–water partition coefficient (Wildman–Crippen LogP) is 2.96. The van der Waals surface area contributed by atoms with Gasteiger partial charge in [-0.15, -0.1) is 10.2 Å². The maximum atomic E-state index is 5.54. The molecule has 2 N–H and O–H groups in total. The fourth-order valence-electron chi connectivity index (χ4n) is 1.60. The first-order valence-corrected chi connectivity index (χ1v) is 7.18. The number of rotatable bonds is 3. The molecule has 2 aromatic heterocycles. The fourth-order valence-corrected chi connectivity index (χ4v) is 3.14. The molecular weight excluding hydrogens is 264 g/mol. The number of anilines is 1. The molecule has 0 amide bonds. The van der Waals surface area contributed by atoms with Crippen LogP contribution in [0.4, 0.5) is 5.13 Å². The molecule has 3 rings (SSSR count). The third-order valence-corrected chi connectivity index (χ3v) is 4.34. The van der Waals surface area contributed by atoms with Crippen LogP contribution in [0, 0.1) is 0 Å². The van der Waals surface area contributed by atoms with Crippen LogP contribution >= 0.6 is 23.1 Å². The number of para-hydroxylation sites is 1. The Labute approximate surface area is 112 Å². The number of aromatic nitrogens is 3. The Morgan fingerprint density at radius 1 is 1.11 bits per heavy atom. The molecule has 90 valence electrons. The predicted molar refractivity (Wildman–Crippen MR) is 75.6 cm³/mol. The number of thioether (sulfide) groups is 1. The van der Waals surface area contributed by atoms with E-state index in [-0.39, 0.29) is 0 Å². The van der Waals surface area contributed by atoms with E-state index in [1.807, 2.05) is 24.3 Å². The second-order valence-corrected chi connectivity index (χ2v) is 5.92. The number of benzene rings is 1. The van der Waals surface area contributed by atoms with Gasteiger partial charge in [0, 0.05) is 11.1 Å². The van der Waals surface area contributed by atoms with Gasteiger partial charge in [0.05, 0.1) is 11.2 Å². The number of hydrogen-bond donors (Lipinski definition) is 1. The van der Waals surface area contributed by atoms with Crippen molar-refractivity contribution >= 4 is 39.1 Å². The topological polar surface area (TPSA) is 64.7 Å². The molecule has 0 aliphatic heterocycles. The Bertz CT molecular complexity index is 680. The van der Waals surface area contributed by atoms with E-state index in [9.17, 15) is 0 Å². The normalized spacial score (nSPS) is 10.9. The van der Waals surface area contributed by atoms with Gasteiger partial charge < -0.3 is 5.73 Å². The van der Waals surface area contributed by atoms with Gasteiger partial charge in [0.25, 0.3) is 0 Å². The van der Waals surface area contributed by atoms with E-state index in [0.29, 0.717) is 5.13 Å². The standard InChI is InChI=1S/C12H10N4S2/c13-11-15-16-12(18-11)17-7-9-6-5-8-3-1-2-4-10(8)14-9/h1-6H,7H2,(H2,13,15). The summed E-state index contributed by atoms with van der Waals surface area (Å²) in [5, 5.41) is 9.42. The smallest absolute Gasteiger partial charge is 0.203 e. The molecule has 0 radical (unpaired) electrons. The molecule has 4 nitrogen and oxygen atoms in total. The summed E-state index contributed by atoms with van der Waals surface area (Å²) in [4.78, 5) is 4.60. The summed E-state index contributed by atoms with van der Waals surface area (Å²) in [5.41, 5.74) is 7.59. The highest BCUT2D eigenvalue weighted by Crippen LogP contribution is 2.26. The molecule has 0 spiro atoms. The van der Waals surface area contributed by atoms with Crippen molar-refractivity contribution in [3.63, 3.8) is 0 Å². The molecule has 0 unspecified atom stereocenters. The fraction of sp³-hybridized carbons (Fsp3) is 0.0833. The molecule has 3 aromatic rings. The van der Waals surface area contributed by atoms with Crippen molar-refractivity contribution in [2.45, 2.75) is 10.1 Å². The first kappa shape index (κ1) is 11.4. The van der Waals surface area contributed by atoms with E-state index in [4.69, 9.17) is 5.73 Å². The minimum atomic E-state index is 0.504. The van der Waals surface area contributed by atoms with Gasteiger partial charge in [-0.2, -0.15) is 0 Å². The highest BCUT2D eigenvalue weighted by molar-refractivity contribution is 8.00. The molecular formula is C12H10N4S2. The minimum Gasteiger partial charge on any atom is -0.374 e. The van der Waals surface area contributed by atoms with Crippen molar-refractivity contribution in [2.75, 3.05) is 5.73 Å². The van der Waals surface area contributed by atoms with Gasteiger partial charge in [-0.05, 0) is 12.1 Å². The molecule has 2 heterocycles. The van der Waals surface area contributed by atoms with E-state index in [1.54, 1.807) is 11.8 Å². The molecule has 6 heteroatoms. The van der Waals surface area contributed by atoms with Gasteiger partial charge in [-0.25, -0.2) is 0 Å². The molecule has 0 aliphatic rings. The van der Waals surface area contributed by atoms with E-state index >= 15 is 0 Å². The first-order valence-electron chi connectivity index (χ1n) is 5.38. The summed E-state index contributed by atoms with van der Waals surface area (Å²) in [7, 11) is 0. The third kappa shape index (κ3) is 2.44. The SMILES string of the molecule is Nc1nnc(SCc2ccc3ccccc3n2)s1. The molecule has 0 saturated heterocycles. The van der Waals surface area contributed by atoms with Crippen molar-refractivity contribution in [1.29, 1.82) is 0 Å². The molecule has 0 bridgehead atoms. The van der Waals surface area contributed by atoms with Crippen molar-refractivity contribution in [3.8, 4) is 0 Å². The van der Waals surface area contributed by atoms with E-state index in [0.717, 1.165) is 26.7 Å². The Morgan fingerprint density at radius 2 is 2.00 bits per heavy atom. The number of pyridine rings is 1. The molecule has 18 heavy (non-hydrogen) atoms. The van der Waals surface area contributed by atoms with Crippen molar-refractivity contribution in [1.82, 2.24) is 15.2 Å². The van der Waals surface area contributed by atoms with Gasteiger partial charge in [-0.3, -0.25) is 4.98 Å². The molecule has 0 saturated carbocycles. The monoisotopic (exact) mass is 274 g/mol. The van der Waals surface area contributed by atoms with Crippen LogP contribution in [0.25, 0.3) is 10.9 Å². The highest BCUT2D eigenvalue weighted by atomic mass is 32.2. The van der Waals surface area contributed by atoms with Crippen molar-refractivity contribution in [3.05, 3.63) is 42.1 Å². The summed E-state index contributed by atoms with van der Waals surface area (Å²) < 4.78 is 0.877. The van der Waals surface area contributed by atoms with Crippen LogP contribution in [-0.2, 0) is 5.75 Å². The summed E-state index contributed by atoms with van der Waals surface area (Å²) in [6.07, 6.45) is 0. The minimum absolute atomic E-state index is 0.504. The van der Waals surface area contributed by atoms with Crippen molar-refractivity contribution < 1.29 is 0 Å². The van der Waals surface area contributed by atoms with Gasteiger partial charge in [0.2, 0.25) is 5.13 Å². The summed E-state index contributed by atoms with van der Waals surface area (Å²) >= 11 is 3.01. The van der Waals surface area contributed by atoms with E-state index < -0.39 is 0 Å². The maximum Gasteiger partial charge on any atom is 0.203 e. The van der Waals surface area contributed by atoms with E-state index in [1.165, 1.54) is 11.3 Å². The second-order valence-electron chi connectivity index (χ2n) is 3.69. The van der Waals surface area contributed by atoms with Gasteiger partial charge in [-0.1, -0.05) is 47.4 Å². The maximum absolute atomic E-state index is 5.54. The van der Waals surface area contributed by atoms with Gasteiger partial charge >= 0.3 is 0 Å². The third-order valence-electron chi connectivity index (χ3n) is 2.42. The number of nitrogen functional groups attached to an aromatic ring is 1. The van der Waals surface area contributed by atoms with Crippen LogP contribution in [0.2, 0.25) is 0 Å². The average molecular weight is 274 g/mol. The van der Waals surface area contributed by atoms with Crippen LogP contribution in [0.3, 0.4) is 0 Å². The Kier molecular flexibility index (Phi) is 3.12. The average Bonchev–Trinajstić information content (AvgIpc) is 2.82. The lowest BCUT2D eigenvalue weighted by molar-refractivity contribution is 1.02. The largest absolute Gasteiger partial charge is 0.374 e. The van der Waals surface area contributed by atoms with Crippen LogP contribution < -0.4 is 5.73 Å². The zero-order chi connectivity index (χ0) is 12.4. The first-order chi connectivity index (χ1) is 8.81. The highest BCUT2D eigenvalue weighted by Gasteiger charge is 2.04. The number of fused-ring (bicyclic) bond motifs is 1. The van der Waals surface area contributed by atoms with Crippen molar-refractivity contribution in [2.24, 2.45) is 0 Å². The van der Waals surface area contributed by atoms with Crippen LogP contribution in [0.15, 0.2) is 40.7 Å². The Morgan fingerprint density at radius 3 is 2.83 bits per heavy atom.